The van der Waals surface area contributed by atoms with Gasteiger partial charge >= 0.3 is 0 Å². The molecule has 0 aliphatic heterocycles. The van der Waals surface area contributed by atoms with Gasteiger partial charge in [-0.3, -0.25) is 4.79 Å². The normalized spacial score (nSPS) is 20.8. The molecular formula is C15H17BrN2O. The molecule has 0 radical (unpaired) electrons. The summed E-state index contributed by atoms with van der Waals surface area (Å²) in [4.78, 5) is 12.4. The van der Waals surface area contributed by atoms with Crippen molar-refractivity contribution in [1.29, 1.82) is 5.26 Å². The minimum Gasteiger partial charge on any atom is -0.325 e. The summed E-state index contributed by atoms with van der Waals surface area (Å²) >= 11 is 3.36. The smallest absolute Gasteiger partial charge is 0.228 e. The number of carbonyl (C=O) groups excluding carboxylic acids is 1. The Kier molecular flexibility index (Phi) is 3.96. The average Bonchev–Trinajstić information content (AvgIpc) is 2.69. The molecule has 0 heterocycles. The summed E-state index contributed by atoms with van der Waals surface area (Å²) in [5.74, 6) is 0.0510. The Labute approximate surface area is 122 Å². The first kappa shape index (κ1) is 14.1. The first-order valence-corrected chi connectivity index (χ1v) is 7.24. The standard InChI is InChI=1S/C15H17BrN2O/c1-15(2)7-3-4-12(15)14(19)18-13-8-11(16)6-5-10(13)9-17/h5-6,8,12H,3-4,7H2,1-2H3,(H,18,19). The molecule has 1 aromatic carbocycles. The Morgan fingerprint density at radius 2 is 2.26 bits per heavy atom. The van der Waals surface area contributed by atoms with Gasteiger partial charge in [-0.1, -0.05) is 36.2 Å². The van der Waals surface area contributed by atoms with Crippen molar-refractivity contribution in [2.45, 2.75) is 33.1 Å². The molecule has 0 aromatic heterocycles. The van der Waals surface area contributed by atoms with E-state index in [4.69, 9.17) is 5.26 Å². The first-order valence-electron chi connectivity index (χ1n) is 6.44. The molecule has 1 aliphatic rings. The topological polar surface area (TPSA) is 52.9 Å². The van der Waals surface area contributed by atoms with Crippen LogP contribution in [-0.4, -0.2) is 5.91 Å². The fourth-order valence-corrected chi connectivity index (χ4v) is 3.11. The van der Waals surface area contributed by atoms with Gasteiger partial charge in [-0.05, 0) is 36.5 Å². The number of carbonyl (C=O) groups is 1. The summed E-state index contributed by atoms with van der Waals surface area (Å²) in [6.45, 7) is 4.27. The van der Waals surface area contributed by atoms with Crippen LogP contribution < -0.4 is 5.32 Å². The summed E-state index contributed by atoms with van der Waals surface area (Å²) in [6, 6.07) is 7.39. The van der Waals surface area contributed by atoms with Crippen LogP contribution in [0.15, 0.2) is 22.7 Å². The number of anilines is 1. The van der Waals surface area contributed by atoms with Gasteiger partial charge in [-0.25, -0.2) is 0 Å². The van der Waals surface area contributed by atoms with Crippen molar-refractivity contribution in [3.05, 3.63) is 28.2 Å². The number of benzene rings is 1. The molecule has 3 nitrogen and oxygen atoms in total. The highest BCUT2D eigenvalue weighted by atomic mass is 79.9. The van der Waals surface area contributed by atoms with E-state index < -0.39 is 0 Å². The van der Waals surface area contributed by atoms with Gasteiger partial charge in [0, 0.05) is 10.4 Å². The zero-order chi connectivity index (χ0) is 14.0. The van der Waals surface area contributed by atoms with Crippen LogP contribution in [0.5, 0.6) is 0 Å². The second-order valence-electron chi connectivity index (χ2n) is 5.72. The van der Waals surface area contributed by atoms with E-state index in [0.717, 1.165) is 23.7 Å². The van der Waals surface area contributed by atoms with Gasteiger partial charge in [0.05, 0.1) is 11.3 Å². The van der Waals surface area contributed by atoms with Crippen molar-refractivity contribution < 1.29 is 4.79 Å². The van der Waals surface area contributed by atoms with E-state index in [-0.39, 0.29) is 17.2 Å². The lowest BCUT2D eigenvalue weighted by molar-refractivity contribution is -0.122. The molecule has 0 spiro atoms. The SMILES string of the molecule is CC1(C)CCCC1C(=O)Nc1cc(Br)ccc1C#N. The lowest BCUT2D eigenvalue weighted by atomic mass is 9.81. The van der Waals surface area contributed by atoms with Gasteiger partial charge in [0.25, 0.3) is 0 Å². The fraction of sp³-hybridized carbons (Fsp3) is 0.467. The molecular weight excluding hydrogens is 304 g/mol. The van der Waals surface area contributed by atoms with Crippen LogP contribution in [0.1, 0.15) is 38.7 Å². The molecule has 1 aromatic rings. The van der Waals surface area contributed by atoms with Crippen LogP contribution in [-0.2, 0) is 4.79 Å². The van der Waals surface area contributed by atoms with Crippen molar-refractivity contribution in [1.82, 2.24) is 0 Å². The number of nitriles is 1. The van der Waals surface area contributed by atoms with Crippen molar-refractivity contribution in [3.63, 3.8) is 0 Å². The van der Waals surface area contributed by atoms with Crippen molar-refractivity contribution in [2.75, 3.05) is 5.32 Å². The van der Waals surface area contributed by atoms with Gasteiger partial charge in [-0.2, -0.15) is 5.26 Å². The predicted octanol–water partition coefficient (Wildman–Crippen LogP) is 4.09. The van der Waals surface area contributed by atoms with E-state index in [9.17, 15) is 4.79 Å². The highest BCUT2D eigenvalue weighted by molar-refractivity contribution is 9.10. The number of hydrogen-bond acceptors (Lipinski definition) is 2. The third-order valence-electron chi connectivity index (χ3n) is 3.93. The average molecular weight is 321 g/mol. The van der Waals surface area contributed by atoms with E-state index >= 15 is 0 Å². The van der Waals surface area contributed by atoms with E-state index in [1.165, 1.54) is 0 Å². The van der Waals surface area contributed by atoms with E-state index in [1.807, 2.05) is 0 Å². The lowest BCUT2D eigenvalue weighted by Gasteiger charge is -2.26. The molecule has 4 heteroatoms. The van der Waals surface area contributed by atoms with Crippen LogP contribution in [0.3, 0.4) is 0 Å². The van der Waals surface area contributed by atoms with Crippen LogP contribution in [0, 0.1) is 22.7 Å². The number of amides is 1. The van der Waals surface area contributed by atoms with E-state index in [2.05, 4.69) is 41.2 Å². The molecule has 0 bridgehead atoms. The summed E-state index contributed by atoms with van der Waals surface area (Å²) in [6.07, 6.45) is 3.10. The second kappa shape index (κ2) is 5.34. The van der Waals surface area contributed by atoms with Crippen molar-refractivity contribution in [3.8, 4) is 6.07 Å². The van der Waals surface area contributed by atoms with Gasteiger partial charge in [0.15, 0.2) is 0 Å². The van der Waals surface area contributed by atoms with Crippen LogP contribution in [0.4, 0.5) is 5.69 Å². The molecule has 19 heavy (non-hydrogen) atoms. The molecule has 1 saturated carbocycles. The van der Waals surface area contributed by atoms with Crippen LogP contribution >= 0.6 is 15.9 Å². The number of halogens is 1. The fourth-order valence-electron chi connectivity index (χ4n) is 2.75. The Hall–Kier alpha value is -1.34. The Balaban J connectivity index is 2.20. The number of nitrogens with one attached hydrogen (secondary N) is 1. The van der Waals surface area contributed by atoms with Gasteiger partial charge in [-0.15, -0.1) is 0 Å². The largest absolute Gasteiger partial charge is 0.325 e. The quantitative estimate of drug-likeness (QED) is 0.892. The zero-order valence-electron chi connectivity index (χ0n) is 11.2. The van der Waals surface area contributed by atoms with Crippen LogP contribution in [0.25, 0.3) is 0 Å². The minimum atomic E-state index is 0.0251. The minimum absolute atomic E-state index is 0.0251. The molecule has 0 saturated heterocycles. The number of rotatable bonds is 2. The first-order chi connectivity index (χ1) is 8.94. The highest BCUT2D eigenvalue weighted by Crippen LogP contribution is 2.43. The maximum absolute atomic E-state index is 12.4. The Morgan fingerprint density at radius 1 is 1.53 bits per heavy atom. The molecule has 100 valence electrons. The van der Waals surface area contributed by atoms with Crippen molar-refractivity contribution >= 4 is 27.5 Å². The third kappa shape index (κ3) is 2.98. The van der Waals surface area contributed by atoms with E-state index in [0.29, 0.717) is 11.3 Å². The molecule has 1 atom stereocenters. The maximum Gasteiger partial charge on any atom is 0.228 e. The third-order valence-corrected chi connectivity index (χ3v) is 4.43. The summed E-state index contributed by atoms with van der Waals surface area (Å²) in [5.41, 5.74) is 1.13. The van der Waals surface area contributed by atoms with Crippen molar-refractivity contribution in [2.24, 2.45) is 11.3 Å². The van der Waals surface area contributed by atoms with Gasteiger partial charge < -0.3 is 5.32 Å². The molecule has 1 fully saturated rings. The Bertz CT molecular complexity index is 546. The molecule has 1 unspecified atom stereocenters. The monoisotopic (exact) mass is 320 g/mol. The molecule has 1 aliphatic carbocycles. The van der Waals surface area contributed by atoms with Crippen LogP contribution in [0.2, 0.25) is 0 Å². The highest BCUT2D eigenvalue weighted by Gasteiger charge is 2.39. The summed E-state index contributed by atoms with van der Waals surface area (Å²) in [7, 11) is 0. The zero-order valence-corrected chi connectivity index (χ0v) is 12.8. The summed E-state index contributed by atoms with van der Waals surface area (Å²) in [5, 5.41) is 12.0. The predicted molar refractivity (Wildman–Crippen MR) is 78.6 cm³/mol. The lowest BCUT2D eigenvalue weighted by Crippen LogP contribution is -2.31. The molecule has 1 N–H and O–H groups in total. The Morgan fingerprint density at radius 3 is 2.84 bits per heavy atom. The maximum atomic E-state index is 12.4. The summed E-state index contributed by atoms with van der Waals surface area (Å²) < 4.78 is 0.854. The van der Waals surface area contributed by atoms with Gasteiger partial charge in [0.1, 0.15) is 6.07 Å². The molecule has 2 rings (SSSR count). The second-order valence-corrected chi connectivity index (χ2v) is 6.64. The number of hydrogen-bond donors (Lipinski definition) is 1. The number of nitrogens with zero attached hydrogens (tertiary/aromatic N) is 1. The van der Waals surface area contributed by atoms with Gasteiger partial charge in [0.2, 0.25) is 5.91 Å². The molecule has 1 amide bonds. The van der Waals surface area contributed by atoms with E-state index in [1.54, 1.807) is 18.2 Å².